The number of hydrogen-bond donors (Lipinski definition) is 0. The zero-order chi connectivity index (χ0) is 25.4. The minimum Gasteiger partial charge on any atom is -0.383 e. The molecule has 1 heterocycles. The summed E-state index contributed by atoms with van der Waals surface area (Å²) in [6.07, 6.45) is 1.52. The third-order valence-electron chi connectivity index (χ3n) is 5.48. The first-order chi connectivity index (χ1) is 16.7. The molecule has 0 aliphatic rings. The summed E-state index contributed by atoms with van der Waals surface area (Å²) < 4.78 is 33.5. The highest BCUT2D eigenvalue weighted by atomic mass is 35.5. The van der Waals surface area contributed by atoms with Gasteiger partial charge >= 0.3 is 0 Å². The van der Waals surface area contributed by atoms with Crippen molar-refractivity contribution in [1.82, 2.24) is 19.4 Å². The van der Waals surface area contributed by atoms with Gasteiger partial charge in [0.1, 0.15) is 0 Å². The molecule has 0 unspecified atom stereocenters. The molecule has 0 atom stereocenters. The molecule has 0 N–H and O–H groups in total. The number of amides is 1. The fourth-order valence-electron chi connectivity index (χ4n) is 3.60. The number of benzene rings is 2. The molecule has 0 spiro atoms. The summed E-state index contributed by atoms with van der Waals surface area (Å²) in [4.78, 5) is 21.3. The Kier molecular flexibility index (Phi) is 9.45. The van der Waals surface area contributed by atoms with Gasteiger partial charge in [-0.3, -0.25) is 4.79 Å². The van der Waals surface area contributed by atoms with E-state index in [1.807, 2.05) is 37.2 Å². The first-order valence-corrected chi connectivity index (χ1v) is 13.2. The number of imidazole rings is 1. The molecule has 0 aliphatic heterocycles. The summed E-state index contributed by atoms with van der Waals surface area (Å²) in [5, 5.41) is 0.318. The number of aromatic nitrogens is 2. The molecule has 2 aromatic carbocycles. The fourth-order valence-corrected chi connectivity index (χ4v) is 5.43. The minimum atomic E-state index is -3.81. The van der Waals surface area contributed by atoms with Gasteiger partial charge in [0.25, 0.3) is 5.91 Å². The van der Waals surface area contributed by atoms with Crippen molar-refractivity contribution in [2.45, 2.75) is 24.0 Å². The Morgan fingerprint density at radius 3 is 2.40 bits per heavy atom. The van der Waals surface area contributed by atoms with Crippen LogP contribution in [0, 0.1) is 0 Å². The van der Waals surface area contributed by atoms with Gasteiger partial charge in [-0.1, -0.05) is 48.0 Å². The molecule has 0 aliphatic carbocycles. The van der Waals surface area contributed by atoms with Crippen molar-refractivity contribution in [3.05, 3.63) is 82.6 Å². The van der Waals surface area contributed by atoms with Crippen molar-refractivity contribution in [3.63, 3.8) is 0 Å². The molecule has 3 rings (SSSR count). The van der Waals surface area contributed by atoms with Crippen LogP contribution in [0.4, 0.5) is 0 Å². The van der Waals surface area contributed by atoms with E-state index in [0.717, 1.165) is 0 Å². The highest BCUT2D eigenvalue weighted by Gasteiger charge is 2.26. The van der Waals surface area contributed by atoms with Crippen molar-refractivity contribution in [3.8, 4) is 0 Å². The molecule has 0 saturated heterocycles. The Morgan fingerprint density at radius 1 is 1.06 bits per heavy atom. The van der Waals surface area contributed by atoms with Crippen LogP contribution in [-0.4, -0.2) is 74.6 Å². The van der Waals surface area contributed by atoms with Crippen LogP contribution in [0.3, 0.4) is 0 Å². The molecule has 35 heavy (non-hydrogen) atoms. The number of rotatable bonds is 12. The van der Waals surface area contributed by atoms with Crippen molar-refractivity contribution in [1.29, 1.82) is 0 Å². The van der Waals surface area contributed by atoms with E-state index < -0.39 is 9.84 Å². The lowest BCUT2D eigenvalue weighted by Gasteiger charge is -2.25. The Bertz CT molecular complexity index is 1230. The number of carbonyl (C=O) groups is 1. The molecular weight excluding hydrogens is 488 g/mol. The number of likely N-dealkylation sites (N-methyl/N-ethyl adjacent to an activating group) is 1. The highest BCUT2D eigenvalue weighted by molar-refractivity contribution is 7.90. The average molecular weight is 519 g/mol. The zero-order valence-corrected chi connectivity index (χ0v) is 21.8. The van der Waals surface area contributed by atoms with E-state index in [-0.39, 0.29) is 29.9 Å². The maximum absolute atomic E-state index is 13.3. The second kappa shape index (κ2) is 12.3. The molecule has 3 aromatic rings. The standard InChI is InChI=1S/C25H31ClN4O4S/c1-28(2)13-14-29(24(31)20-9-5-4-6-10-20)18-22-17-27-25(30(22)15-16-34-3)35(32,33)19-21-11-7-8-12-23(21)26/h4-12,17H,13-16,18-19H2,1-3H3. The van der Waals surface area contributed by atoms with Crippen LogP contribution in [0.25, 0.3) is 0 Å². The molecule has 0 bridgehead atoms. The maximum Gasteiger partial charge on any atom is 0.254 e. The van der Waals surface area contributed by atoms with Crippen LogP contribution in [0.5, 0.6) is 0 Å². The third-order valence-corrected chi connectivity index (χ3v) is 7.42. The second-order valence-electron chi connectivity index (χ2n) is 8.42. The van der Waals surface area contributed by atoms with E-state index in [2.05, 4.69) is 4.98 Å². The third kappa shape index (κ3) is 7.14. The van der Waals surface area contributed by atoms with Crippen molar-refractivity contribution in [2.75, 3.05) is 40.9 Å². The van der Waals surface area contributed by atoms with Gasteiger partial charge in [0.15, 0.2) is 0 Å². The molecule has 1 amide bonds. The first-order valence-electron chi connectivity index (χ1n) is 11.2. The number of ether oxygens (including phenoxy) is 1. The Labute approximate surface area is 212 Å². The summed E-state index contributed by atoms with van der Waals surface area (Å²) in [6, 6.07) is 15.9. The zero-order valence-electron chi connectivity index (χ0n) is 20.2. The molecule has 0 fully saturated rings. The van der Waals surface area contributed by atoms with Gasteiger partial charge in [-0.25, -0.2) is 13.4 Å². The van der Waals surface area contributed by atoms with Gasteiger partial charge in [0, 0.05) is 37.3 Å². The van der Waals surface area contributed by atoms with Crippen molar-refractivity contribution < 1.29 is 17.9 Å². The van der Waals surface area contributed by atoms with Gasteiger partial charge in [0.2, 0.25) is 15.0 Å². The van der Waals surface area contributed by atoms with Crippen molar-refractivity contribution in [2.24, 2.45) is 0 Å². The minimum absolute atomic E-state index is 0.0656. The summed E-state index contributed by atoms with van der Waals surface area (Å²) >= 11 is 6.21. The van der Waals surface area contributed by atoms with Gasteiger partial charge in [-0.15, -0.1) is 0 Å². The molecule has 0 radical (unpaired) electrons. The summed E-state index contributed by atoms with van der Waals surface area (Å²) in [5.41, 5.74) is 1.69. The second-order valence-corrected chi connectivity index (χ2v) is 10.7. The highest BCUT2D eigenvalue weighted by Crippen LogP contribution is 2.23. The Morgan fingerprint density at radius 2 is 1.74 bits per heavy atom. The van der Waals surface area contributed by atoms with Crippen LogP contribution in [0.2, 0.25) is 5.02 Å². The van der Waals surface area contributed by atoms with Crippen LogP contribution >= 0.6 is 11.6 Å². The number of sulfone groups is 1. The van der Waals surface area contributed by atoms with Gasteiger partial charge < -0.3 is 19.1 Å². The number of nitrogens with zero attached hydrogens (tertiary/aromatic N) is 4. The quantitative estimate of drug-likeness (QED) is 0.365. The average Bonchev–Trinajstić information content (AvgIpc) is 3.25. The fraction of sp³-hybridized carbons (Fsp3) is 0.360. The predicted molar refractivity (Wildman–Crippen MR) is 136 cm³/mol. The summed E-state index contributed by atoms with van der Waals surface area (Å²) in [6.45, 7) is 1.91. The monoisotopic (exact) mass is 518 g/mol. The van der Waals surface area contributed by atoms with E-state index in [1.165, 1.54) is 6.20 Å². The summed E-state index contributed by atoms with van der Waals surface area (Å²) in [7, 11) is 1.62. The number of hydrogen-bond acceptors (Lipinski definition) is 6. The van der Waals surface area contributed by atoms with E-state index in [1.54, 1.807) is 53.0 Å². The van der Waals surface area contributed by atoms with E-state index in [0.29, 0.717) is 41.5 Å². The van der Waals surface area contributed by atoms with E-state index in [4.69, 9.17) is 16.3 Å². The van der Waals surface area contributed by atoms with E-state index in [9.17, 15) is 13.2 Å². The van der Waals surface area contributed by atoms with Crippen LogP contribution in [-0.2, 0) is 33.4 Å². The van der Waals surface area contributed by atoms with Crippen molar-refractivity contribution >= 4 is 27.3 Å². The summed E-state index contributed by atoms with van der Waals surface area (Å²) in [5.74, 6) is -0.406. The number of methoxy groups -OCH3 is 1. The first kappa shape index (κ1) is 26.9. The molecule has 188 valence electrons. The van der Waals surface area contributed by atoms with Crippen LogP contribution < -0.4 is 0 Å². The van der Waals surface area contributed by atoms with E-state index >= 15 is 0 Å². The van der Waals surface area contributed by atoms with Gasteiger partial charge in [0.05, 0.1) is 30.8 Å². The van der Waals surface area contributed by atoms with Crippen LogP contribution in [0.15, 0.2) is 66.0 Å². The molecule has 8 nitrogen and oxygen atoms in total. The lowest BCUT2D eigenvalue weighted by Crippen LogP contribution is -2.37. The van der Waals surface area contributed by atoms with Gasteiger partial charge in [-0.2, -0.15) is 0 Å². The molecule has 1 aromatic heterocycles. The SMILES string of the molecule is COCCn1c(CN(CCN(C)C)C(=O)c2ccccc2)cnc1S(=O)(=O)Cc1ccccc1Cl. The Hall–Kier alpha value is -2.72. The lowest BCUT2D eigenvalue weighted by atomic mass is 10.2. The Balaban J connectivity index is 1.95. The predicted octanol–water partition coefficient (Wildman–Crippen LogP) is 3.36. The normalized spacial score (nSPS) is 11.7. The smallest absolute Gasteiger partial charge is 0.254 e. The number of halogens is 1. The largest absolute Gasteiger partial charge is 0.383 e. The van der Waals surface area contributed by atoms with Crippen LogP contribution in [0.1, 0.15) is 21.6 Å². The maximum atomic E-state index is 13.3. The molecule has 0 saturated carbocycles. The van der Waals surface area contributed by atoms with Gasteiger partial charge in [-0.05, 0) is 37.9 Å². The molecule has 10 heteroatoms. The lowest BCUT2D eigenvalue weighted by molar-refractivity contribution is 0.0726. The topological polar surface area (TPSA) is 84.7 Å². The number of carbonyl (C=O) groups excluding carboxylic acids is 1. The molecular formula is C25H31ClN4O4S.